The number of pyridine rings is 1. The number of aromatic nitrogens is 1. The lowest BCUT2D eigenvalue weighted by Crippen LogP contribution is -2.10. The number of hydrogen-bond donors (Lipinski definition) is 0. The van der Waals surface area contributed by atoms with Gasteiger partial charge in [-0.05, 0) is 50.1 Å². The summed E-state index contributed by atoms with van der Waals surface area (Å²) >= 11 is 0. The summed E-state index contributed by atoms with van der Waals surface area (Å²) in [4.78, 5) is 20.3. The number of alkyl halides is 3. The summed E-state index contributed by atoms with van der Waals surface area (Å²) in [6.07, 6.45) is -1.41. The van der Waals surface area contributed by atoms with Gasteiger partial charge in [-0.3, -0.25) is 4.99 Å². The first kappa shape index (κ1) is 18.6. The van der Waals surface area contributed by atoms with Crippen molar-refractivity contribution in [2.45, 2.75) is 26.9 Å². The van der Waals surface area contributed by atoms with Gasteiger partial charge in [0.15, 0.2) is 0 Å². The van der Waals surface area contributed by atoms with Crippen molar-refractivity contribution in [3.05, 3.63) is 46.8 Å². The molecule has 0 aliphatic heterocycles. The molecule has 0 N–H and O–H groups in total. The van der Waals surface area contributed by atoms with Crippen molar-refractivity contribution in [2.24, 2.45) is 4.99 Å². The van der Waals surface area contributed by atoms with Crippen molar-refractivity contribution < 1.29 is 22.7 Å². The highest BCUT2D eigenvalue weighted by atomic mass is 19.4. The van der Waals surface area contributed by atoms with Crippen LogP contribution in [0.25, 0.3) is 16.5 Å². The average Bonchev–Trinajstić information content (AvgIpc) is 2.56. The van der Waals surface area contributed by atoms with Crippen molar-refractivity contribution >= 4 is 28.7 Å². The summed E-state index contributed by atoms with van der Waals surface area (Å²) in [5, 5.41) is 0.313. The number of carbonyl (C=O) groups excluding carboxylic acids is 1. The molecule has 0 amide bonds. The molecule has 0 unspecified atom stereocenters. The van der Waals surface area contributed by atoms with Crippen LogP contribution in [-0.2, 0) is 10.9 Å². The summed E-state index contributed by atoms with van der Waals surface area (Å²) in [6.45, 7) is 4.79. The Morgan fingerprint density at radius 1 is 1.28 bits per heavy atom. The van der Waals surface area contributed by atoms with E-state index in [1.54, 1.807) is 20.1 Å². The van der Waals surface area contributed by atoms with Crippen LogP contribution in [-0.4, -0.2) is 24.3 Å². The fourth-order valence-electron chi connectivity index (χ4n) is 2.42. The zero-order valence-corrected chi connectivity index (χ0v) is 14.2. The first-order valence-electron chi connectivity index (χ1n) is 7.45. The molecule has 0 bridgehead atoms. The predicted molar refractivity (Wildman–Crippen MR) is 90.6 cm³/mol. The number of ether oxygens (including phenoxy) is 1. The average molecular weight is 350 g/mol. The second-order valence-electron chi connectivity index (χ2n) is 5.45. The van der Waals surface area contributed by atoms with E-state index < -0.39 is 17.7 Å². The van der Waals surface area contributed by atoms with Crippen molar-refractivity contribution in [1.82, 2.24) is 4.98 Å². The maximum atomic E-state index is 13.2. The van der Waals surface area contributed by atoms with Gasteiger partial charge in [0.2, 0.25) is 0 Å². The number of esters is 1. The lowest BCUT2D eigenvalue weighted by Gasteiger charge is -2.14. The minimum atomic E-state index is -4.50. The van der Waals surface area contributed by atoms with Gasteiger partial charge in [0.25, 0.3) is 0 Å². The summed E-state index contributed by atoms with van der Waals surface area (Å²) in [5.41, 5.74) is 0.433. The van der Waals surface area contributed by atoms with Gasteiger partial charge < -0.3 is 4.74 Å². The molecule has 0 saturated heterocycles. The molecule has 1 aromatic carbocycles. The van der Waals surface area contributed by atoms with Gasteiger partial charge in [0, 0.05) is 17.8 Å². The Kier molecular flexibility index (Phi) is 5.25. The van der Waals surface area contributed by atoms with E-state index in [1.165, 1.54) is 32.4 Å². The molecular weight excluding hydrogens is 333 g/mol. The molecule has 1 aromatic heterocycles. The molecule has 1 heterocycles. The van der Waals surface area contributed by atoms with E-state index in [-0.39, 0.29) is 16.6 Å². The second-order valence-corrected chi connectivity index (χ2v) is 5.45. The quantitative estimate of drug-likeness (QED) is 0.590. The topological polar surface area (TPSA) is 51.5 Å². The van der Waals surface area contributed by atoms with Gasteiger partial charge in [0.1, 0.15) is 0 Å². The van der Waals surface area contributed by atoms with Crippen LogP contribution in [0.5, 0.6) is 0 Å². The van der Waals surface area contributed by atoms with Crippen molar-refractivity contribution in [3.63, 3.8) is 0 Å². The highest BCUT2D eigenvalue weighted by Gasteiger charge is 2.33. The number of benzene rings is 1. The molecule has 0 saturated carbocycles. The van der Waals surface area contributed by atoms with Gasteiger partial charge in [-0.25, -0.2) is 9.78 Å². The molecule has 0 radical (unpaired) electrons. The van der Waals surface area contributed by atoms with Gasteiger partial charge in [-0.2, -0.15) is 13.2 Å². The summed E-state index contributed by atoms with van der Waals surface area (Å²) < 4.78 is 44.3. The number of aliphatic imine (C=N–C) groups is 1. The highest BCUT2D eigenvalue weighted by molar-refractivity contribution is 6.04. The highest BCUT2D eigenvalue weighted by Crippen LogP contribution is 2.35. The zero-order valence-electron chi connectivity index (χ0n) is 14.2. The van der Waals surface area contributed by atoms with Crippen LogP contribution in [0, 0.1) is 6.92 Å². The molecule has 25 heavy (non-hydrogen) atoms. The predicted octanol–water partition coefficient (Wildman–Crippen LogP) is 4.80. The first-order chi connectivity index (χ1) is 11.7. The number of fused-ring (bicyclic) bond motifs is 1. The number of nitrogens with zero attached hydrogens (tertiary/aromatic N) is 2. The number of hydrogen-bond acceptors (Lipinski definition) is 4. The molecule has 7 heteroatoms. The third kappa shape index (κ3) is 3.87. The van der Waals surface area contributed by atoms with E-state index in [1.807, 2.05) is 0 Å². The largest absolute Gasteiger partial charge is 0.465 e. The van der Waals surface area contributed by atoms with Crippen molar-refractivity contribution in [1.29, 1.82) is 0 Å². The SMILES string of the molecule is CC=N/C=C(\C)c1cc(C(=O)OC)c2cc(C)c(C(F)(F)F)cc2n1. The third-order valence-electron chi connectivity index (χ3n) is 3.69. The van der Waals surface area contributed by atoms with Crippen LogP contribution < -0.4 is 0 Å². The van der Waals surface area contributed by atoms with Gasteiger partial charge >= 0.3 is 12.1 Å². The Morgan fingerprint density at radius 3 is 2.52 bits per heavy atom. The number of halogens is 3. The summed E-state index contributed by atoms with van der Waals surface area (Å²) in [7, 11) is 1.22. The summed E-state index contributed by atoms with van der Waals surface area (Å²) in [6, 6.07) is 3.76. The minimum Gasteiger partial charge on any atom is -0.465 e. The molecule has 132 valence electrons. The van der Waals surface area contributed by atoms with E-state index in [9.17, 15) is 18.0 Å². The number of methoxy groups -OCH3 is 1. The van der Waals surface area contributed by atoms with Crippen molar-refractivity contribution in [2.75, 3.05) is 7.11 Å². The fraction of sp³-hybridized carbons (Fsp3) is 0.278. The Hall–Kier alpha value is -2.70. The second kappa shape index (κ2) is 7.04. The van der Waals surface area contributed by atoms with E-state index in [0.717, 1.165) is 6.07 Å². The van der Waals surface area contributed by atoms with Crippen LogP contribution in [0.15, 0.2) is 29.4 Å². The van der Waals surface area contributed by atoms with Crippen molar-refractivity contribution in [3.8, 4) is 0 Å². The number of rotatable bonds is 3. The number of aryl methyl sites for hydroxylation is 1. The lowest BCUT2D eigenvalue weighted by molar-refractivity contribution is -0.137. The minimum absolute atomic E-state index is 0.0163. The number of carbonyl (C=O) groups is 1. The van der Waals surface area contributed by atoms with E-state index in [2.05, 4.69) is 9.98 Å². The maximum Gasteiger partial charge on any atom is 0.416 e. The summed E-state index contributed by atoms with van der Waals surface area (Å²) in [5.74, 6) is -0.639. The molecule has 2 aromatic rings. The molecule has 4 nitrogen and oxygen atoms in total. The molecule has 0 aliphatic carbocycles. The Labute approximate surface area is 143 Å². The van der Waals surface area contributed by atoms with E-state index in [4.69, 9.17) is 4.74 Å². The molecular formula is C18H17F3N2O2. The molecule has 0 atom stereocenters. The fourth-order valence-corrected chi connectivity index (χ4v) is 2.42. The Balaban J connectivity index is 2.83. The number of allylic oxidation sites excluding steroid dienone is 1. The monoisotopic (exact) mass is 350 g/mol. The first-order valence-corrected chi connectivity index (χ1v) is 7.45. The van der Waals surface area contributed by atoms with E-state index >= 15 is 0 Å². The lowest BCUT2D eigenvalue weighted by atomic mass is 9.99. The van der Waals surface area contributed by atoms with Crippen LogP contribution in [0.1, 0.15) is 41.0 Å². The Morgan fingerprint density at radius 2 is 1.96 bits per heavy atom. The molecule has 0 spiro atoms. The van der Waals surface area contributed by atoms with Gasteiger partial charge in [-0.1, -0.05) is 0 Å². The van der Waals surface area contributed by atoms with Gasteiger partial charge in [0.05, 0.1) is 29.4 Å². The normalized spacial score (nSPS) is 12.8. The molecule has 0 fully saturated rings. The standard InChI is InChI=1S/C18H17F3N2O2/c1-5-22-9-11(3)15-7-13(17(24)25-4)12-6-10(2)14(18(19,20)21)8-16(12)23-15/h5-9H,1-4H3/b11-9+,22-5?. The van der Waals surface area contributed by atoms with Crippen LogP contribution in [0.3, 0.4) is 0 Å². The van der Waals surface area contributed by atoms with Crippen LogP contribution in [0.2, 0.25) is 0 Å². The van der Waals surface area contributed by atoms with Crippen LogP contribution >= 0.6 is 0 Å². The van der Waals surface area contributed by atoms with Gasteiger partial charge in [-0.15, -0.1) is 0 Å². The Bertz CT molecular complexity index is 884. The van der Waals surface area contributed by atoms with Crippen LogP contribution in [0.4, 0.5) is 13.2 Å². The smallest absolute Gasteiger partial charge is 0.416 e. The third-order valence-corrected chi connectivity index (χ3v) is 3.69. The molecule has 0 aliphatic rings. The zero-order chi connectivity index (χ0) is 18.8. The maximum absolute atomic E-state index is 13.2. The van der Waals surface area contributed by atoms with E-state index in [0.29, 0.717) is 16.7 Å². The molecule has 2 rings (SSSR count).